The summed E-state index contributed by atoms with van der Waals surface area (Å²) >= 11 is 5.61. The van der Waals surface area contributed by atoms with Gasteiger partial charge < -0.3 is 10.2 Å². The average molecular weight is 254 g/mol. The lowest BCUT2D eigenvalue weighted by atomic mass is 10.0. The van der Waals surface area contributed by atoms with Crippen LogP contribution in [0.1, 0.15) is 23.1 Å². The van der Waals surface area contributed by atoms with Gasteiger partial charge in [-0.05, 0) is 43.2 Å². The van der Waals surface area contributed by atoms with Gasteiger partial charge in [-0.2, -0.15) is 0 Å². The van der Waals surface area contributed by atoms with Crippen LogP contribution in [0.25, 0.3) is 0 Å². The molecular weight excluding hydrogens is 241 g/mol. The van der Waals surface area contributed by atoms with Crippen molar-refractivity contribution in [2.75, 3.05) is 0 Å². The second-order valence-corrected chi connectivity index (χ2v) is 4.41. The number of rotatable bonds is 3. The zero-order valence-electron chi connectivity index (χ0n) is 9.41. The summed E-state index contributed by atoms with van der Waals surface area (Å²) in [4.78, 5) is 0. The highest BCUT2D eigenvalue weighted by Crippen LogP contribution is 2.21. The average Bonchev–Trinajstić information content (AvgIpc) is 2.70. The maximum Gasteiger partial charge on any atom is 0.142 e. The number of nitrogens with two attached hydrogens (primary N) is 1. The molecule has 0 saturated carbocycles. The van der Waals surface area contributed by atoms with Crippen LogP contribution >= 0.6 is 11.6 Å². The van der Waals surface area contributed by atoms with Gasteiger partial charge in [-0.3, -0.25) is 0 Å². The van der Waals surface area contributed by atoms with Crippen molar-refractivity contribution in [1.82, 2.24) is 0 Å². The molecule has 1 unspecified atom stereocenters. The third kappa shape index (κ3) is 2.87. The van der Waals surface area contributed by atoms with E-state index in [4.69, 9.17) is 21.8 Å². The molecule has 2 aromatic rings. The third-order valence-corrected chi connectivity index (χ3v) is 2.87. The van der Waals surface area contributed by atoms with Crippen molar-refractivity contribution >= 4 is 11.6 Å². The van der Waals surface area contributed by atoms with E-state index < -0.39 is 5.82 Å². The van der Waals surface area contributed by atoms with E-state index in [0.717, 1.165) is 11.3 Å². The van der Waals surface area contributed by atoms with Gasteiger partial charge in [-0.25, -0.2) is 4.39 Å². The Bertz CT molecular complexity index is 524. The van der Waals surface area contributed by atoms with Gasteiger partial charge in [0.25, 0.3) is 0 Å². The van der Waals surface area contributed by atoms with Crippen molar-refractivity contribution in [3.63, 3.8) is 0 Å². The minimum absolute atomic E-state index is 0.121. The standard InChI is InChI=1S/C13H13ClFNO/c1-8-2-5-13(17-8)12(16)7-9-3-4-10(14)11(15)6-9/h2-6,12H,7,16H2,1H3. The van der Waals surface area contributed by atoms with Gasteiger partial charge in [-0.1, -0.05) is 17.7 Å². The Kier molecular flexibility index (Phi) is 3.50. The molecule has 17 heavy (non-hydrogen) atoms. The lowest BCUT2D eigenvalue weighted by Gasteiger charge is -2.09. The number of hydrogen-bond donors (Lipinski definition) is 1. The quantitative estimate of drug-likeness (QED) is 0.907. The molecule has 2 nitrogen and oxygen atoms in total. The van der Waals surface area contributed by atoms with Gasteiger partial charge in [0, 0.05) is 0 Å². The van der Waals surface area contributed by atoms with Crippen molar-refractivity contribution < 1.29 is 8.81 Å². The molecule has 0 aliphatic heterocycles. The van der Waals surface area contributed by atoms with Crippen LogP contribution in [0.5, 0.6) is 0 Å². The molecule has 2 rings (SSSR count). The summed E-state index contributed by atoms with van der Waals surface area (Å²) in [6.07, 6.45) is 0.515. The van der Waals surface area contributed by atoms with E-state index in [1.807, 2.05) is 19.1 Å². The second kappa shape index (κ2) is 4.90. The van der Waals surface area contributed by atoms with Gasteiger partial charge in [0.1, 0.15) is 17.3 Å². The highest BCUT2D eigenvalue weighted by Gasteiger charge is 2.12. The molecule has 0 spiro atoms. The van der Waals surface area contributed by atoms with Crippen LogP contribution in [0, 0.1) is 12.7 Å². The first-order valence-corrected chi connectivity index (χ1v) is 5.70. The topological polar surface area (TPSA) is 39.2 Å². The fourth-order valence-corrected chi connectivity index (χ4v) is 1.79. The molecule has 1 aromatic carbocycles. The SMILES string of the molecule is Cc1ccc(C(N)Cc2ccc(Cl)c(F)c2)o1. The lowest BCUT2D eigenvalue weighted by Crippen LogP contribution is -2.12. The molecule has 1 atom stereocenters. The first kappa shape index (κ1) is 12.1. The first-order chi connectivity index (χ1) is 8.06. The minimum Gasteiger partial charge on any atom is -0.465 e. The van der Waals surface area contributed by atoms with Crippen LogP contribution in [0.15, 0.2) is 34.7 Å². The maximum atomic E-state index is 13.2. The smallest absolute Gasteiger partial charge is 0.142 e. The van der Waals surface area contributed by atoms with Crippen LogP contribution in [-0.4, -0.2) is 0 Å². The summed E-state index contributed by atoms with van der Waals surface area (Å²) in [7, 11) is 0. The van der Waals surface area contributed by atoms with E-state index in [1.165, 1.54) is 12.1 Å². The summed E-state index contributed by atoms with van der Waals surface area (Å²) in [5.74, 6) is 1.10. The molecule has 2 N–H and O–H groups in total. The fourth-order valence-electron chi connectivity index (χ4n) is 1.67. The number of benzene rings is 1. The monoisotopic (exact) mass is 253 g/mol. The summed E-state index contributed by atoms with van der Waals surface area (Å²) in [5, 5.41) is 0.121. The van der Waals surface area contributed by atoms with Gasteiger partial charge in [0.05, 0.1) is 11.1 Å². The Balaban J connectivity index is 2.12. The minimum atomic E-state index is -0.424. The molecule has 1 aromatic heterocycles. The van der Waals surface area contributed by atoms with E-state index in [1.54, 1.807) is 6.07 Å². The van der Waals surface area contributed by atoms with Gasteiger partial charge >= 0.3 is 0 Å². The lowest BCUT2D eigenvalue weighted by molar-refractivity contribution is 0.444. The second-order valence-electron chi connectivity index (χ2n) is 4.01. The third-order valence-electron chi connectivity index (χ3n) is 2.57. The van der Waals surface area contributed by atoms with Gasteiger partial charge in [0.15, 0.2) is 0 Å². The van der Waals surface area contributed by atoms with Gasteiger partial charge in [-0.15, -0.1) is 0 Å². The normalized spacial score (nSPS) is 12.7. The van der Waals surface area contributed by atoms with E-state index in [-0.39, 0.29) is 11.1 Å². The Morgan fingerprint density at radius 1 is 1.35 bits per heavy atom. The number of aryl methyl sites for hydroxylation is 1. The highest BCUT2D eigenvalue weighted by atomic mass is 35.5. The van der Waals surface area contributed by atoms with Crippen molar-refractivity contribution in [3.8, 4) is 0 Å². The van der Waals surface area contributed by atoms with Crippen molar-refractivity contribution in [3.05, 3.63) is 58.3 Å². The Labute approximate surface area is 104 Å². The molecule has 90 valence electrons. The molecule has 0 bridgehead atoms. The summed E-state index contributed by atoms with van der Waals surface area (Å²) < 4.78 is 18.7. The zero-order valence-corrected chi connectivity index (χ0v) is 10.2. The van der Waals surface area contributed by atoms with Crippen molar-refractivity contribution in [2.45, 2.75) is 19.4 Å². The summed E-state index contributed by atoms with van der Waals surface area (Å²) in [5.41, 5.74) is 6.78. The predicted molar refractivity (Wildman–Crippen MR) is 65.5 cm³/mol. The largest absolute Gasteiger partial charge is 0.465 e. The zero-order chi connectivity index (χ0) is 12.4. The van der Waals surface area contributed by atoms with E-state index >= 15 is 0 Å². The molecular formula is C13H13ClFNO. The molecule has 0 radical (unpaired) electrons. The van der Waals surface area contributed by atoms with Crippen molar-refractivity contribution in [1.29, 1.82) is 0 Å². The summed E-state index contributed by atoms with van der Waals surface area (Å²) in [6, 6.07) is 8.12. The maximum absolute atomic E-state index is 13.2. The van der Waals surface area contributed by atoms with Crippen LogP contribution in [0.3, 0.4) is 0 Å². The Morgan fingerprint density at radius 3 is 2.71 bits per heavy atom. The van der Waals surface area contributed by atoms with Crippen LogP contribution in [0.2, 0.25) is 5.02 Å². The molecule has 0 fully saturated rings. The van der Waals surface area contributed by atoms with Crippen LogP contribution in [-0.2, 0) is 6.42 Å². The molecule has 1 heterocycles. The molecule has 0 aliphatic carbocycles. The summed E-state index contributed by atoms with van der Waals surface area (Å²) in [6.45, 7) is 1.86. The van der Waals surface area contributed by atoms with Crippen LogP contribution < -0.4 is 5.73 Å². The highest BCUT2D eigenvalue weighted by molar-refractivity contribution is 6.30. The molecule has 0 aliphatic rings. The number of halogens is 2. The van der Waals surface area contributed by atoms with Crippen molar-refractivity contribution in [2.24, 2.45) is 5.73 Å². The fraction of sp³-hybridized carbons (Fsp3) is 0.231. The Hall–Kier alpha value is -1.32. The molecule has 0 amide bonds. The van der Waals surface area contributed by atoms with E-state index in [2.05, 4.69) is 0 Å². The van der Waals surface area contributed by atoms with E-state index in [9.17, 15) is 4.39 Å². The van der Waals surface area contributed by atoms with Crippen LogP contribution in [0.4, 0.5) is 4.39 Å². The molecule has 4 heteroatoms. The first-order valence-electron chi connectivity index (χ1n) is 5.32. The van der Waals surface area contributed by atoms with E-state index in [0.29, 0.717) is 12.2 Å². The molecule has 0 saturated heterocycles. The number of hydrogen-bond acceptors (Lipinski definition) is 2. The Morgan fingerprint density at radius 2 is 2.12 bits per heavy atom. The predicted octanol–water partition coefficient (Wildman–Crippen LogP) is 3.62. The van der Waals surface area contributed by atoms with Gasteiger partial charge in [0.2, 0.25) is 0 Å². The number of furan rings is 1.